The highest BCUT2D eigenvalue weighted by Gasteiger charge is 2.29. The Kier molecular flexibility index (Phi) is 6.67. The third-order valence-electron chi connectivity index (χ3n) is 4.69. The number of amidine groups is 1. The molecule has 1 aliphatic heterocycles. The lowest BCUT2D eigenvalue weighted by Gasteiger charge is -2.30. The van der Waals surface area contributed by atoms with Gasteiger partial charge >= 0.3 is 0 Å². The summed E-state index contributed by atoms with van der Waals surface area (Å²) in [6, 6.07) is -0.305. The topological polar surface area (TPSA) is 87.7 Å². The fourth-order valence-corrected chi connectivity index (χ4v) is 4.61. The summed E-state index contributed by atoms with van der Waals surface area (Å²) in [5, 5.41) is 15.1. The third kappa shape index (κ3) is 5.09. The van der Waals surface area contributed by atoms with Crippen LogP contribution in [-0.2, 0) is 4.79 Å². The predicted octanol–water partition coefficient (Wildman–Crippen LogP) is 2.33. The van der Waals surface area contributed by atoms with Gasteiger partial charge in [0.1, 0.15) is 0 Å². The van der Waals surface area contributed by atoms with Crippen molar-refractivity contribution < 1.29 is 10.0 Å². The van der Waals surface area contributed by atoms with Crippen LogP contribution in [0.5, 0.6) is 0 Å². The zero-order chi connectivity index (χ0) is 15.1. The van der Waals surface area contributed by atoms with Crippen LogP contribution >= 0.6 is 11.8 Å². The summed E-state index contributed by atoms with van der Waals surface area (Å²) in [6.07, 6.45) is 8.47. The molecule has 0 spiro atoms. The normalized spacial score (nSPS) is 23.7. The van der Waals surface area contributed by atoms with E-state index >= 15 is 0 Å². The molecule has 1 saturated heterocycles. The maximum atomic E-state index is 12.3. The van der Waals surface area contributed by atoms with Crippen molar-refractivity contribution in [3.8, 4) is 0 Å². The molecule has 2 rings (SSSR count). The molecule has 2 fully saturated rings. The monoisotopic (exact) mass is 313 g/mol. The Morgan fingerprint density at radius 1 is 1.24 bits per heavy atom. The van der Waals surface area contributed by atoms with Gasteiger partial charge < -0.3 is 16.3 Å². The molecule has 1 saturated carbocycles. The maximum absolute atomic E-state index is 12.3. The number of nitrogens with one attached hydrogen (secondary N) is 1. The van der Waals surface area contributed by atoms with E-state index in [1.54, 1.807) is 0 Å². The maximum Gasteiger partial charge on any atom is 0.220 e. The molecular formula is C15H27N3O2S. The van der Waals surface area contributed by atoms with E-state index in [1.165, 1.54) is 6.42 Å². The highest BCUT2D eigenvalue weighted by atomic mass is 32.2. The molecule has 1 atom stereocenters. The summed E-state index contributed by atoms with van der Waals surface area (Å²) in [6.45, 7) is 0. The molecule has 6 heteroatoms. The first-order valence-corrected chi connectivity index (χ1v) is 9.20. The van der Waals surface area contributed by atoms with Crippen molar-refractivity contribution in [3.63, 3.8) is 0 Å². The van der Waals surface area contributed by atoms with E-state index in [2.05, 4.69) is 10.5 Å². The van der Waals surface area contributed by atoms with Gasteiger partial charge in [0.15, 0.2) is 5.84 Å². The molecule has 0 aromatic carbocycles. The third-order valence-corrected chi connectivity index (χ3v) is 5.74. The van der Waals surface area contributed by atoms with Crippen molar-refractivity contribution in [3.05, 3.63) is 0 Å². The van der Waals surface area contributed by atoms with E-state index in [0.29, 0.717) is 18.3 Å². The fourth-order valence-electron chi connectivity index (χ4n) is 3.41. The molecule has 0 radical (unpaired) electrons. The summed E-state index contributed by atoms with van der Waals surface area (Å²) in [7, 11) is 0. The highest BCUT2D eigenvalue weighted by molar-refractivity contribution is 7.99. The summed E-state index contributed by atoms with van der Waals surface area (Å²) >= 11 is 1.97. The Hall–Kier alpha value is -0.910. The van der Waals surface area contributed by atoms with Gasteiger partial charge in [-0.2, -0.15) is 11.8 Å². The standard InChI is InChI=1S/C15H27N3O2S/c16-15(18-20)14(12-4-2-1-3-5-12)17-13(19)10-11-6-8-21-9-7-11/h11-12,14,20H,1-10H2,(H2,16,18)(H,17,19). The summed E-state index contributed by atoms with van der Waals surface area (Å²) < 4.78 is 0. The number of hydrogen-bond donors (Lipinski definition) is 3. The molecule has 0 bridgehead atoms. The van der Waals surface area contributed by atoms with Crippen LogP contribution in [0.15, 0.2) is 5.16 Å². The van der Waals surface area contributed by atoms with Gasteiger partial charge in [0, 0.05) is 6.42 Å². The Balaban J connectivity index is 1.89. The van der Waals surface area contributed by atoms with Crippen molar-refractivity contribution >= 4 is 23.5 Å². The van der Waals surface area contributed by atoms with E-state index < -0.39 is 0 Å². The lowest BCUT2D eigenvalue weighted by Crippen LogP contribution is -2.50. The van der Waals surface area contributed by atoms with Gasteiger partial charge in [0.25, 0.3) is 0 Å². The number of amides is 1. The van der Waals surface area contributed by atoms with Gasteiger partial charge in [-0.15, -0.1) is 0 Å². The van der Waals surface area contributed by atoms with Crippen LogP contribution in [0.3, 0.4) is 0 Å². The number of carbonyl (C=O) groups is 1. The largest absolute Gasteiger partial charge is 0.409 e. The van der Waals surface area contributed by atoms with Gasteiger partial charge in [-0.25, -0.2) is 0 Å². The zero-order valence-corrected chi connectivity index (χ0v) is 13.4. The van der Waals surface area contributed by atoms with Crippen molar-refractivity contribution in [1.29, 1.82) is 0 Å². The second-order valence-corrected chi connectivity index (χ2v) is 7.45. The molecule has 21 heavy (non-hydrogen) atoms. The quantitative estimate of drug-likeness (QED) is 0.315. The summed E-state index contributed by atoms with van der Waals surface area (Å²) in [5.74, 6) is 3.31. The Bertz CT molecular complexity index is 364. The minimum absolute atomic E-state index is 0.0501. The molecule has 1 unspecified atom stereocenters. The van der Waals surface area contributed by atoms with Crippen LogP contribution < -0.4 is 11.1 Å². The molecule has 5 nitrogen and oxygen atoms in total. The van der Waals surface area contributed by atoms with E-state index in [9.17, 15) is 4.79 Å². The van der Waals surface area contributed by atoms with Crippen molar-refractivity contribution in [2.24, 2.45) is 22.7 Å². The first-order chi connectivity index (χ1) is 10.2. The van der Waals surface area contributed by atoms with Gasteiger partial charge in [-0.3, -0.25) is 4.79 Å². The molecule has 1 aliphatic carbocycles. The van der Waals surface area contributed by atoms with Crippen molar-refractivity contribution in [2.45, 2.75) is 57.4 Å². The average Bonchev–Trinajstić information content (AvgIpc) is 2.53. The second-order valence-electron chi connectivity index (χ2n) is 6.23. The number of rotatable bonds is 5. The minimum Gasteiger partial charge on any atom is -0.409 e. The van der Waals surface area contributed by atoms with E-state index in [1.807, 2.05) is 11.8 Å². The summed E-state index contributed by atoms with van der Waals surface area (Å²) in [5.41, 5.74) is 5.81. The molecule has 0 aromatic heterocycles. The second kappa shape index (κ2) is 8.51. The number of nitrogens with zero attached hydrogens (tertiary/aromatic N) is 1. The fraction of sp³-hybridized carbons (Fsp3) is 0.867. The average molecular weight is 313 g/mol. The lowest BCUT2D eigenvalue weighted by molar-refractivity contribution is -0.122. The Labute approximate surface area is 131 Å². The van der Waals surface area contributed by atoms with Crippen LogP contribution in [0.1, 0.15) is 51.4 Å². The number of carbonyl (C=O) groups excluding carboxylic acids is 1. The van der Waals surface area contributed by atoms with Gasteiger partial charge in [-0.1, -0.05) is 24.4 Å². The molecule has 2 aliphatic rings. The van der Waals surface area contributed by atoms with Crippen LogP contribution in [0.25, 0.3) is 0 Å². The van der Waals surface area contributed by atoms with Crippen LogP contribution in [0, 0.1) is 11.8 Å². The smallest absolute Gasteiger partial charge is 0.220 e. The molecule has 4 N–H and O–H groups in total. The number of hydrogen-bond acceptors (Lipinski definition) is 4. The predicted molar refractivity (Wildman–Crippen MR) is 86.6 cm³/mol. The minimum atomic E-state index is -0.305. The SMILES string of the molecule is NC(=NO)C(NC(=O)CC1CCSCC1)C1CCCCC1. The van der Waals surface area contributed by atoms with E-state index in [4.69, 9.17) is 10.9 Å². The lowest BCUT2D eigenvalue weighted by atomic mass is 9.83. The first-order valence-electron chi connectivity index (χ1n) is 8.05. The zero-order valence-electron chi connectivity index (χ0n) is 12.6. The molecule has 1 amide bonds. The first kappa shape index (κ1) is 16.5. The van der Waals surface area contributed by atoms with Crippen LogP contribution in [-0.4, -0.2) is 34.5 Å². The summed E-state index contributed by atoms with van der Waals surface area (Å²) in [4.78, 5) is 12.3. The van der Waals surface area contributed by atoms with E-state index in [-0.39, 0.29) is 17.8 Å². The van der Waals surface area contributed by atoms with Gasteiger partial charge in [0.2, 0.25) is 5.91 Å². The Morgan fingerprint density at radius 2 is 1.90 bits per heavy atom. The van der Waals surface area contributed by atoms with Crippen molar-refractivity contribution in [2.75, 3.05) is 11.5 Å². The number of thioether (sulfide) groups is 1. The molecular weight excluding hydrogens is 286 g/mol. The van der Waals surface area contributed by atoms with Crippen LogP contribution in [0.4, 0.5) is 0 Å². The molecule has 120 valence electrons. The molecule has 1 heterocycles. The van der Waals surface area contributed by atoms with Crippen LogP contribution in [0.2, 0.25) is 0 Å². The van der Waals surface area contributed by atoms with Crippen molar-refractivity contribution in [1.82, 2.24) is 5.32 Å². The number of oxime groups is 1. The number of nitrogens with two attached hydrogens (primary N) is 1. The molecule has 0 aromatic rings. The highest BCUT2D eigenvalue weighted by Crippen LogP contribution is 2.28. The van der Waals surface area contributed by atoms with Gasteiger partial charge in [0.05, 0.1) is 6.04 Å². The Morgan fingerprint density at radius 3 is 2.52 bits per heavy atom. The van der Waals surface area contributed by atoms with Gasteiger partial charge in [-0.05, 0) is 49.0 Å². The van der Waals surface area contributed by atoms with E-state index in [0.717, 1.165) is 50.0 Å².